The number of rotatable bonds is 6. The predicted octanol–water partition coefficient (Wildman–Crippen LogP) is 21.1. The molecule has 10 heteroatoms. The molecule has 12 aromatic rings. The van der Waals surface area contributed by atoms with Crippen molar-refractivity contribution < 1.29 is 39.5 Å². The largest absolute Gasteiger partial charge is 0.417 e. The van der Waals surface area contributed by atoms with Crippen molar-refractivity contribution >= 4 is 81.7 Å². The first-order chi connectivity index (χ1) is 36.3. The molecule has 76 heavy (non-hydrogen) atoms. The number of halogens is 9. The van der Waals surface area contributed by atoms with Crippen LogP contribution in [0.5, 0.6) is 0 Å². The van der Waals surface area contributed by atoms with Crippen LogP contribution in [0.25, 0.3) is 98.0 Å². The number of alkyl halides is 9. The van der Waals surface area contributed by atoms with Gasteiger partial charge in [-0.15, -0.1) is 0 Å². The van der Waals surface area contributed by atoms with Crippen LogP contribution in [0.15, 0.2) is 200 Å². The van der Waals surface area contributed by atoms with Gasteiger partial charge in [0, 0.05) is 17.1 Å². The van der Waals surface area contributed by atoms with Gasteiger partial charge in [-0.25, -0.2) is 0 Å². The standard InChI is InChI=1S/C66H42F9N/c1-37-28-55(52-31-40-16-4-7-19-43(40)46-22-10-13-25-49(46)52)58(64(67,68)69)34-61(37)76(62-35-59(65(70,71)72)56(29-38(62)2)53-32-41-17-5-8-20-44(41)47-23-11-14-26-50(47)53)63-36-60(66(73,74)75)57(30-39(63)3)54-33-42-18-6-9-21-45(42)48-24-12-15-27-51(48)54/h4-36H,1-3H3. The fourth-order valence-corrected chi connectivity index (χ4v) is 11.4. The first-order valence-corrected chi connectivity index (χ1v) is 24.5. The Morgan fingerprint density at radius 1 is 0.250 bits per heavy atom. The molecule has 0 saturated heterocycles. The monoisotopic (exact) mass is 1020 g/mol. The van der Waals surface area contributed by atoms with Crippen molar-refractivity contribution in [3.63, 3.8) is 0 Å². The van der Waals surface area contributed by atoms with Gasteiger partial charge in [-0.05, 0) is 190 Å². The topological polar surface area (TPSA) is 3.24 Å². The van der Waals surface area contributed by atoms with Gasteiger partial charge >= 0.3 is 18.5 Å². The number of hydrogen-bond donors (Lipinski definition) is 0. The van der Waals surface area contributed by atoms with Gasteiger partial charge < -0.3 is 4.90 Å². The summed E-state index contributed by atoms with van der Waals surface area (Å²) in [5, 5.41) is 8.20. The summed E-state index contributed by atoms with van der Waals surface area (Å²) in [4.78, 5) is 1.15. The van der Waals surface area contributed by atoms with Gasteiger partial charge in [0.15, 0.2) is 0 Å². The molecular formula is C66H42F9N. The number of aryl methyl sites for hydroxylation is 3. The SMILES string of the molecule is Cc1cc(-c2cc3ccccc3c3ccccc23)c(C(F)(F)F)cc1N(c1cc(C(F)(F)F)c(-c2cc3ccccc3c3ccccc23)cc1C)c1cc(C(F)(F)F)c(-c2cc3ccccc3c3ccccc23)cc1C. The summed E-state index contributed by atoms with van der Waals surface area (Å²) in [7, 11) is 0. The van der Waals surface area contributed by atoms with Crippen molar-refractivity contribution in [2.75, 3.05) is 4.90 Å². The van der Waals surface area contributed by atoms with E-state index in [-0.39, 0.29) is 67.1 Å². The van der Waals surface area contributed by atoms with E-state index in [0.717, 1.165) is 39.3 Å². The second kappa shape index (κ2) is 17.8. The third-order valence-electron chi connectivity index (χ3n) is 14.8. The molecule has 0 bridgehead atoms. The van der Waals surface area contributed by atoms with Crippen LogP contribution in [0.1, 0.15) is 33.4 Å². The molecule has 0 aromatic heterocycles. The van der Waals surface area contributed by atoms with Crippen molar-refractivity contribution in [1.29, 1.82) is 0 Å². The summed E-state index contributed by atoms with van der Waals surface area (Å²) in [6.45, 7) is 4.58. The van der Waals surface area contributed by atoms with Crippen molar-refractivity contribution in [3.8, 4) is 33.4 Å². The van der Waals surface area contributed by atoms with Crippen LogP contribution in [-0.2, 0) is 18.5 Å². The second-order valence-electron chi connectivity index (χ2n) is 19.5. The zero-order valence-electron chi connectivity index (χ0n) is 40.9. The number of anilines is 3. The minimum atomic E-state index is -5.06. The number of benzene rings is 12. The molecule has 12 aromatic carbocycles. The highest BCUT2D eigenvalue weighted by Crippen LogP contribution is 2.53. The summed E-state index contributed by atoms with van der Waals surface area (Å²) in [6, 6.07) is 54.9. The van der Waals surface area contributed by atoms with E-state index in [9.17, 15) is 0 Å². The Morgan fingerprint density at radius 3 is 0.724 bits per heavy atom. The Balaban J connectivity index is 1.17. The Bertz CT molecular complexity index is 3910. The summed E-state index contributed by atoms with van der Waals surface area (Å²) >= 11 is 0. The molecule has 0 radical (unpaired) electrons. The molecule has 0 aliphatic heterocycles. The molecule has 0 aliphatic rings. The van der Waals surface area contributed by atoms with Crippen LogP contribution < -0.4 is 4.90 Å². The zero-order valence-corrected chi connectivity index (χ0v) is 40.9. The minimum Gasteiger partial charge on any atom is -0.310 e. The van der Waals surface area contributed by atoms with E-state index in [1.165, 1.54) is 39.0 Å². The summed E-state index contributed by atoms with van der Waals surface area (Å²) < 4.78 is 145. The lowest BCUT2D eigenvalue weighted by Crippen LogP contribution is -2.19. The van der Waals surface area contributed by atoms with Crippen LogP contribution in [0.4, 0.5) is 56.6 Å². The van der Waals surface area contributed by atoms with Crippen molar-refractivity contribution in [2.24, 2.45) is 0 Å². The highest BCUT2D eigenvalue weighted by Gasteiger charge is 2.40. The first kappa shape index (κ1) is 48.3. The second-order valence-corrected chi connectivity index (χ2v) is 19.5. The maximum atomic E-state index is 16.1. The molecule has 0 N–H and O–H groups in total. The van der Waals surface area contributed by atoms with E-state index < -0.39 is 35.2 Å². The molecule has 0 heterocycles. The molecule has 0 spiro atoms. The van der Waals surface area contributed by atoms with Crippen molar-refractivity contribution in [3.05, 3.63) is 234 Å². The zero-order chi connectivity index (χ0) is 53.0. The van der Waals surface area contributed by atoms with Gasteiger partial charge in [0.05, 0.1) is 16.7 Å². The Labute approximate surface area is 430 Å². The van der Waals surface area contributed by atoms with Gasteiger partial charge in [0.1, 0.15) is 0 Å². The first-order valence-electron chi connectivity index (χ1n) is 24.5. The van der Waals surface area contributed by atoms with E-state index in [1.54, 1.807) is 109 Å². The third-order valence-corrected chi connectivity index (χ3v) is 14.8. The highest BCUT2D eigenvalue weighted by atomic mass is 19.4. The van der Waals surface area contributed by atoms with Crippen molar-refractivity contribution in [1.82, 2.24) is 0 Å². The fourth-order valence-electron chi connectivity index (χ4n) is 11.4. The van der Waals surface area contributed by atoms with E-state index in [0.29, 0.717) is 48.5 Å². The lowest BCUT2D eigenvalue weighted by atomic mass is 9.87. The van der Waals surface area contributed by atoms with E-state index >= 15 is 39.5 Å². The van der Waals surface area contributed by atoms with Crippen LogP contribution in [0, 0.1) is 20.8 Å². The molecule has 12 rings (SSSR count). The Morgan fingerprint density at radius 2 is 0.474 bits per heavy atom. The summed E-state index contributed by atoms with van der Waals surface area (Å²) in [6.07, 6.45) is -15.2. The lowest BCUT2D eigenvalue weighted by molar-refractivity contribution is -0.137. The summed E-state index contributed by atoms with van der Waals surface area (Å²) in [5.41, 5.74) is -3.51. The fraction of sp³-hybridized carbons (Fsp3) is 0.0909. The highest BCUT2D eigenvalue weighted by molar-refractivity contribution is 6.16. The molecule has 0 aliphatic carbocycles. The van der Waals surface area contributed by atoms with E-state index in [2.05, 4.69) is 0 Å². The Kier molecular flexibility index (Phi) is 11.3. The molecule has 0 unspecified atom stereocenters. The van der Waals surface area contributed by atoms with Crippen molar-refractivity contribution in [2.45, 2.75) is 39.3 Å². The summed E-state index contributed by atoms with van der Waals surface area (Å²) in [5.74, 6) is 0. The molecule has 1 nitrogen and oxygen atoms in total. The maximum absolute atomic E-state index is 16.1. The predicted molar refractivity (Wildman–Crippen MR) is 292 cm³/mol. The van der Waals surface area contributed by atoms with Gasteiger partial charge in [-0.1, -0.05) is 146 Å². The van der Waals surface area contributed by atoms with Crippen LogP contribution in [-0.4, -0.2) is 0 Å². The molecule has 0 saturated carbocycles. The average Bonchev–Trinajstić information content (AvgIpc) is 3.41. The quantitative estimate of drug-likeness (QED) is 0.119. The maximum Gasteiger partial charge on any atom is 0.417 e. The molecule has 0 fully saturated rings. The molecule has 374 valence electrons. The lowest BCUT2D eigenvalue weighted by Gasteiger charge is -2.33. The Hall–Kier alpha value is -8.63. The van der Waals surface area contributed by atoms with Crippen LogP contribution in [0.3, 0.4) is 0 Å². The van der Waals surface area contributed by atoms with Gasteiger partial charge in [-0.2, -0.15) is 39.5 Å². The number of fused-ring (bicyclic) bond motifs is 9. The van der Waals surface area contributed by atoms with Gasteiger partial charge in [0.2, 0.25) is 0 Å². The number of nitrogens with zero attached hydrogens (tertiary/aromatic N) is 1. The van der Waals surface area contributed by atoms with Gasteiger partial charge in [0.25, 0.3) is 0 Å². The normalized spacial score (nSPS) is 12.5. The average molecular weight is 1020 g/mol. The van der Waals surface area contributed by atoms with Gasteiger partial charge in [-0.3, -0.25) is 0 Å². The number of hydrogen-bond acceptors (Lipinski definition) is 1. The van der Waals surface area contributed by atoms with Crippen LogP contribution in [0.2, 0.25) is 0 Å². The van der Waals surface area contributed by atoms with Crippen LogP contribution >= 0.6 is 0 Å². The smallest absolute Gasteiger partial charge is 0.310 e. The molecule has 0 atom stereocenters. The molecular weight excluding hydrogens is 978 g/mol. The van der Waals surface area contributed by atoms with E-state index in [1.807, 2.05) is 54.6 Å². The van der Waals surface area contributed by atoms with E-state index in [4.69, 9.17) is 0 Å². The third kappa shape index (κ3) is 8.06. The minimum absolute atomic E-state index is 0.162. The molecule has 0 amide bonds.